The van der Waals surface area contributed by atoms with Crippen LogP contribution in [0, 0.1) is 6.92 Å². The molecular weight excluding hydrogens is 290 g/mol. The fraction of sp³-hybridized carbons (Fsp3) is 0.286. The molecule has 0 aliphatic rings. The zero-order valence-corrected chi connectivity index (χ0v) is 11.9. The molecule has 1 heterocycles. The van der Waals surface area contributed by atoms with E-state index in [1.165, 1.54) is 0 Å². The van der Waals surface area contributed by atoms with Crippen molar-refractivity contribution in [3.8, 4) is 11.3 Å². The molecule has 0 saturated carbocycles. The van der Waals surface area contributed by atoms with Gasteiger partial charge in [-0.15, -0.1) is 0 Å². The van der Waals surface area contributed by atoms with Crippen molar-refractivity contribution < 1.29 is 0 Å². The Labute approximate surface area is 116 Å². The second kappa shape index (κ2) is 6.07. The van der Waals surface area contributed by atoms with Crippen LogP contribution in [0.4, 0.5) is 0 Å². The molecule has 0 bridgehead atoms. The molecule has 0 aliphatic heterocycles. The highest BCUT2D eigenvalue weighted by Crippen LogP contribution is 2.26. The van der Waals surface area contributed by atoms with Crippen LogP contribution < -0.4 is 5.73 Å². The minimum atomic E-state index is 0.668. The van der Waals surface area contributed by atoms with Crippen molar-refractivity contribution in [1.29, 1.82) is 0 Å². The average Bonchev–Trinajstić information content (AvgIpc) is 2.36. The largest absolute Gasteiger partial charge is 0.330 e. The Bertz CT molecular complexity index is 540. The van der Waals surface area contributed by atoms with Crippen LogP contribution in [0.3, 0.4) is 0 Å². The molecule has 0 amide bonds. The predicted molar refractivity (Wildman–Crippen MR) is 77.3 cm³/mol. The summed E-state index contributed by atoms with van der Waals surface area (Å²) in [4.78, 5) is 9.05. The van der Waals surface area contributed by atoms with E-state index < -0.39 is 0 Å². The Balaban J connectivity index is 2.39. The second-order valence-electron chi connectivity index (χ2n) is 4.18. The SMILES string of the molecule is Cc1cc(-c2ccccc2Br)nc(CCCN)n1. The number of hydrogen-bond donors (Lipinski definition) is 1. The molecule has 0 atom stereocenters. The highest BCUT2D eigenvalue weighted by molar-refractivity contribution is 9.10. The lowest BCUT2D eigenvalue weighted by Gasteiger charge is -2.07. The zero-order chi connectivity index (χ0) is 13.0. The van der Waals surface area contributed by atoms with Gasteiger partial charge in [0.2, 0.25) is 0 Å². The summed E-state index contributed by atoms with van der Waals surface area (Å²) in [5.74, 6) is 0.867. The van der Waals surface area contributed by atoms with Gasteiger partial charge in [-0.1, -0.05) is 34.1 Å². The topological polar surface area (TPSA) is 51.8 Å². The third-order valence-corrected chi connectivity index (χ3v) is 3.35. The molecule has 4 heteroatoms. The molecule has 0 spiro atoms. The highest BCUT2D eigenvalue weighted by atomic mass is 79.9. The van der Waals surface area contributed by atoms with E-state index in [0.717, 1.165) is 40.1 Å². The quantitative estimate of drug-likeness (QED) is 0.944. The van der Waals surface area contributed by atoms with Crippen molar-refractivity contribution in [2.75, 3.05) is 6.54 Å². The van der Waals surface area contributed by atoms with E-state index >= 15 is 0 Å². The molecule has 0 fully saturated rings. The fourth-order valence-corrected chi connectivity index (χ4v) is 2.30. The fourth-order valence-electron chi connectivity index (χ4n) is 1.81. The Morgan fingerprint density at radius 3 is 2.72 bits per heavy atom. The molecule has 2 N–H and O–H groups in total. The van der Waals surface area contributed by atoms with Gasteiger partial charge in [-0.3, -0.25) is 0 Å². The molecule has 2 rings (SSSR count). The number of aromatic nitrogens is 2. The van der Waals surface area contributed by atoms with Gasteiger partial charge in [0, 0.05) is 22.2 Å². The van der Waals surface area contributed by atoms with Crippen molar-refractivity contribution in [3.05, 3.63) is 46.3 Å². The van der Waals surface area contributed by atoms with E-state index in [1.54, 1.807) is 0 Å². The summed E-state index contributed by atoms with van der Waals surface area (Å²) in [5.41, 5.74) is 8.57. The smallest absolute Gasteiger partial charge is 0.129 e. The average molecular weight is 306 g/mol. The first-order chi connectivity index (χ1) is 8.70. The summed E-state index contributed by atoms with van der Waals surface area (Å²) in [6.45, 7) is 2.66. The minimum absolute atomic E-state index is 0.668. The molecule has 0 aliphatic carbocycles. The Hall–Kier alpha value is -1.26. The van der Waals surface area contributed by atoms with Crippen LogP contribution in [0.5, 0.6) is 0 Å². The van der Waals surface area contributed by atoms with Crippen LogP contribution in [-0.4, -0.2) is 16.5 Å². The number of nitrogens with zero attached hydrogens (tertiary/aromatic N) is 2. The maximum atomic E-state index is 5.52. The highest BCUT2D eigenvalue weighted by Gasteiger charge is 2.07. The molecule has 18 heavy (non-hydrogen) atoms. The van der Waals surface area contributed by atoms with Gasteiger partial charge in [0.15, 0.2) is 0 Å². The Morgan fingerprint density at radius 2 is 2.00 bits per heavy atom. The van der Waals surface area contributed by atoms with Crippen LogP contribution in [0.2, 0.25) is 0 Å². The number of nitrogens with two attached hydrogens (primary N) is 1. The van der Waals surface area contributed by atoms with Gasteiger partial charge in [0.25, 0.3) is 0 Å². The molecule has 1 aromatic heterocycles. The van der Waals surface area contributed by atoms with E-state index in [1.807, 2.05) is 31.2 Å². The Kier molecular flexibility index (Phi) is 4.44. The summed E-state index contributed by atoms with van der Waals surface area (Å²) in [6, 6.07) is 10.1. The monoisotopic (exact) mass is 305 g/mol. The summed E-state index contributed by atoms with van der Waals surface area (Å²) in [5, 5.41) is 0. The van der Waals surface area contributed by atoms with Crippen LogP contribution in [0.25, 0.3) is 11.3 Å². The number of aryl methyl sites for hydroxylation is 2. The maximum absolute atomic E-state index is 5.52. The van der Waals surface area contributed by atoms with Crippen LogP contribution in [-0.2, 0) is 6.42 Å². The minimum Gasteiger partial charge on any atom is -0.330 e. The molecule has 0 unspecified atom stereocenters. The third-order valence-electron chi connectivity index (χ3n) is 2.65. The lowest BCUT2D eigenvalue weighted by Crippen LogP contribution is -2.04. The summed E-state index contributed by atoms with van der Waals surface area (Å²) >= 11 is 3.55. The van der Waals surface area contributed by atoms with Gasteiger partial charge >= 0.3 is 0 Å². The maximum Gasteiger partial charge on any atom is 0.129 e. The van der Waals surface area contributed by atoms with Gasteiger partial charge in [0.1, 0.15) is 5.82 Å². The first-order valence-corrected chi connectivity index (χ1v) is 6.79. The van der Waals surface area contributed by atoms with E-state index in [9.17, 15) is 0 Å². The van der Waals surface area contributed by atoms with Gasteiger partial charge in [0.05, 0.1) is 5.69 Å². The standard InChI is InChI=1S/C14H16BrN3/c1-10-9-13(11-5-2-3-6-12(11)15)18-14(17-10)7-4-8-16/h2-3,5-6,9H,4,7-8,16H2,1H3. The van der Waals surface area contributed by atoms with E-state index in [0.29, 0.717) is 6.54 Å². The van der Waals surface area contributed by atoms with Crippen LogP contribution in [0.1, 0.15) is 17.9 Å². The lowest BCUT2D eigenvalue weighted by molar-refractivity contribution is 0.776. The van der Waals surface area contributed by atoms with Gasteiger partial charge < -0.3 is 5.73 Å². The van der Waals surface area contributed by atoms with Gasteiger partial charge in [-0.25, -0.2) is 9.97 Å². The first-order valence-electron chi connectivity index (χ1n) is 6.00. The third kappa shape index (κ3) is 3.15. The molecular formula is C14H16BrN3. The normalized spacial score (nSPS) is 10.6. The number of rotatable bonds is 4. The summed E-state index contributed by atoms with van der Waals surface area (Å²) < 4.78 is 1.05. The van der Waals surface area contributed by atoms with Crippen molar-refractivity contribution in [1.82, 2.24) is 9.97 Å². The van der Waals surface area contributed by atoms with Gasteiger partial charge in [-0.05, 0) is 32.0 Å². The molecule has 2 aromatic rings. The Morgan fingerprint density at radius 1 is 1.22 bits per heavy atom. The number of halogens is 1. The van der Waals surface area contributed by atoms with Crippen molar-refractivity contribution in [2.45, 2.75) is 19.8 Å². The van der Waals surface area contributed by atoms with E-state index in [4.69, 9.17) is 5.73 Å². The number of hydrogen-bond acceptors (Lipinski definition) is 3. The van der Waals surface area contributed by atoms with Crippen LogP contribution >= 0.6 is 15.9 Å². The summed E-state index contributed by atoms with van der Waals surface area (Å²) in [6.07, 6.45) is 1.74. The predicted octanol–water partition coefficient (Wildman–Crippen LogP) is 3.11. The molecule has 0 radical (unpaired) electrons. The van der Waals surface area contributed by atoms with Crippen molar-refractivity contribution >= 4 is 15.9 Å². The van der Waals surface area contributed by atoms with Crippen molar-refractivity contribution in [2.24, 2.45) is 5.73 Å². The molecule has 3 nitrogen and oxygen atoms in total. The molecule has 0 saturated heterocycles. The molecule has 94 valence electrons. The van der Waals surface area contributed by atoms with E-state index in [-0.39, 0.29) is 0 Å². The van der Waals surface area contributed by atoms with E-state index in [2.05, 4.69) is 32.0 Å². The zero-order valence-electron chi connectivity index (χ0n) is 10.4. The van der Waals surface area contributed by atoms with Gasteiger partial charge in [-0.2, -0.15) is 0 Å². The van der Waals surface area contributed by atoms with Crippen LogP contribution in [0.15, 0.2) is 34.8 Å². The summed E-state index contributed by atoms with van der Waals surface area (Å²) in [7, 11) is 0. The number of benzene rings is 1. The first kappa shape index (κ1) is 13.2. The second-order valence-corrected chi connectivity index (χ2v) is 5.04. The molecule has 1 aromatic carbocycles. The lowest BCUT2D eigenvalue weighted by atomic mass is 10.1. The van der Waals surface area contributed by atoms with Crippen molar-refractivity contribution in [3.63, 3.8) is 0 Å².